The number of aliphatic hydroxyl groups is 1. The number of rotatable bonds is 0. The van der Waals surface area contributed by atoms with Crippen molar-refractivity contribution >= 4 is 23.5 Å². The molecule has 0 aromatic rings. The number of hydrogen-bond acceptors (Lipinski definition) is 3. The first-order valence-electron chi connectivity index (χ1n) is 3.27. The van der Waals surface area contributed by atoms with E-state index in [4.69, 9.17) is 5.11 Å². The predicted octanol–water partition coefficient (Wildman–Crippen LogP) is 1.56. The Balaban J connectivity index is 2.12. The number of aliphatic hydroxyl groups excluding tert-OH is 1. The van der Waals surface area contributed by atoms with E-state index in [1.165, 1.54) is 12.2 Å². The SMILES string of the molecule is OC1CCSCCCS1. The Morgan fingerprint density at radius 3 is 3.00 bits per heavy atom. The van der Waals surface area contributed by atoms with Crippen molar-refractivity contribution in [1.29, 1.82) is 0 Å². The Kier molecular flexibility index (Phi) is 3.86. The zero-order chi connectivity index (χ0) is 6.53. The van der Waals surface area contributed by atoms with Crippen molar-refractivity contribution in [2.75, 3.05) is 17.3 Å². The average molecular weight is 164 g/mol. The third-order valence-corrected chi connectivity index (χ3v) is 3.50. The lowest BCUT2D eigenvalue weighted by Gasteiger charge is -2.12. The second-order valence-electron chi connectivity index (χ2n) is 2.08. The molecule has 1 rings (SSSR count). The van der Waals surface area contributed by atoms with Crippen LogP contribution < -0.4 is 0 Å². The van der Waals surface area contributed by atoms with E-state index in [1.54, 1.807) is 11.8 Å². The highest BCUT2D eigenvalue weighted by Gasteiger charge is 2.06. The molecule has 1 unspecified atom stereocenters. The minimum absolute atomic E-state index is 0.0854. The highest BCUT2D eigenvalue weighted by molar-refractivity contribution is 8.01. The maximum atomic E-state index is 9.16. The van der Waals surface area contributed by atoms with Crippen molar-refractivity contribution < 1.29 is 5.11 Å². The molecule has 0 spiro atoms. The van der Waals surface area contributed by atoms with Gasteiger partial charge < -0.3 is 5.11 Å². The molecule has 3 heteroatoms. The van der Waals surface area contributed by atoms with Crippen molar-refractivity contribution in [1.82, 2.24) is 0 Å². The molecule has 0 aliphatic carbocycles. The predicted molar refractivity (Wildman–Crippen MR) is 45.0 cm³/mol. The van der Waals surface area contributed by atoms with Gasteiger partial charge in [0.05, 0.1) is 0 Å². The summed E-state index contributed by atoms with van der Waals surface area (Å²) in [7, 11) is 0. The maximum Gasteiger partial charge on any atom is 0.100 e. The van der Waals surface area contributed by atoms with Gasteiger partial charge in [-0.3, -0.25) is 0 Å². The smallest absolute Gasteiger partial charge is 0.100 e. The Morgan fingerprint density at radius 1 is 1.22 bits per heavy atom. The van der Waals surface area contributed by atoms with Crippen molar-refractivity contribution in [2.24, 2.45) is 0 Å². The van der Waals surface area contributed by atoms with Crippen LogP contribution in [0.15, 0.2) is 0 Å². The molecule has 1 nitrogen and oxygen atoms in total. The van der Waals surface area contributed by atoms with Crippen molar-refractivity contribution in [3.63, 3.8) is 0 Å². The van der Waals surface area contributed by atoms with Crippen LogP contribution in [0.1, 0.15) is 12.8 Å². The minimum atomic E-state index is -0.0854. The van der Waals surface area contributed by atoms with Gasteiger partial charge in [-0.15, -0.1) is 11.8 Å². The third-order valence-electron chi connectivity index (χ3n) is 1.25. The molecule has 1 aliphatic rings. The van der Waals surface area contributed by atoms with E-state index in [0.717, 1.165) is 17.9 Å². The van der Waals surface area contributed by atoms with Gasteiger partial charge in [-0.05, 0) is 30.1 Å². The van der Waals surface area contributed by atoms with Gasteiger partial charge in [0.1, 0.15) is 5.44 Å². The molecule has 1 aliphatic heterocycles. The monoisotopic (exact) mass is 164 g/mol. The minimum Gasteiger partial charge on any atom is -0.382 e. The van der Waals surface area contributed by atoms with Crippen LogP contribution in [0.3, 0.4) is 0 Å². The molecule has 0 bridgehead atoms. The molecule has 1 heterocycles. The fourth-order valence-corrected chi connectivity index (χ4v) is 2.89. The largest absolute Gasteiger partial charge is 0.382 e. The van der Waals surface area contributed by atoms with Crippen molar-refractivity contribution in [2.45, 2.75) is 18.3 Å². The van der Waals surface area contributed by atoms with E-state index >= 15 is 0 Å². The van der Waals surface area contributed by atoms with E-state index in [9.17, 15) is 0 Å². The lowest BCUT2D eigenvalue weighted by Crippen LogP contribution is -2.06. The summed E-state index contributed by atoms with van der Waals surface area (Å²) in [5, 5.41) is 9.16. The van der Waals surface area contributed by atoms with Gasteiger partial charge in [0.15, 0.2) is 0 Å². The molecular weight excluding hydrogens is 152 g/mol. The van der Waals surface area contributed by atoms with E-state index in [2.05, 4.69) is 0 Å². The number of hydrogen-bond donors (Lipinski definition) is 1. The first-order valence-corrected chi connectivity index (χ1v) is 5.47. The molecule has 9 heavy (non-hydrogen) atoms. The van der Waals surface area contributed by atoms with Crippen LogP contribution in [0.5, 0.6) is 0 Å². The summed E-state index contributed by atoms with van der Waals surface area (Å²) >= 11 is 3.65. The highest BCUT2D eigenvalue weighted by atomic mass is 32.2. The molecular formula is C6H12OS2. The van der Waals surface area contributed by atoms with E-state index < -0.39 is 0 Å². The molecule has 0 amide bonds. The molecule has 54 valence electrons. The zero-order valence-corrected chi connectivity index (χ0v) is 7.01. The summed E-state index contributed by atoms with van der Waals surface area (Å²) in [6, 6.07) is 0. The van der Waals surface area contributed by atoms with Crippen LogP contribution in [0.4, 0.5) is 0 Å². The Labute approximate surface area is 64.6 Å². The summed E-state index contributed by atoms with van der Waals surface area (Å²) < 4.78 is 0. The summed E-state index contributed by atoms with van der Waals surface area (Å²) in [6.45, 7) is 0. The molecule has 0 radical (unpaired) electrons. The first kappa shape index (κ1) is 7.76. The molecule has 1 N–H and O–H groups in total. The van der Waals surface area contributed by atoms with Crippen LogP contribution in [0.25, 0.3) is 0 Å². The fraction of sp³-hybridized carbons (Fsp3) is 1.00. The van der Waals surface area contributed by atoms with Crippen LogP contribution in [-0.2, 0) is 0 Å². The van der Waals surface area contributed by atoms with Gasteiger partial charge >= 0.3 is 0 Å². The summed E-state index contributed by atoms with van der Waals surface area (Å²) in [6.07, 6.45) is 2.22. The van der Waals surface area contributed by atoms with Gasteiger partial charge in [-0.2, -0.15) is 11.8 Å². The molecule has 0 aromatic carbocycles. The number of thioether (sulfide) groups is 2. The van der Waals surface area contributed by atoms with Gasteiger partial charge in [-0.25, -0.2) is 0 Å². The van der Waals surface area contributed by atoms with Gasteiger partial charge in [0, 0.05) is 0 Å². The standard InChI is InChI=1S/C6H12OS2/c7-6-2-5-8-3-1-4-9-6/h6-7H,1-5H2. The van der Waals surface area contributed by atoms with Crippen molar-refractivity contribution in [3.8, 4) is 0 Å². The lowest BCUT2D eigenvalue weighted by atomic mass is 10.5. The lowest BCUT2D eigenvalue weighted by molar-refractivity contribution is 0.260. The Morgan fingerprint density at radius 2 is 2.11 bits per heavy atom. The van der Waals surface area contributed by atoms with Crippen LogP contribution >= 0.6 is 23.5 Å². The summed E-state index contributed by atoms with van der Waals surface area (Å²) in [5.74, 6) is 3.54. The first-order chi connectivity index (χ1) is 4.39. The van der Waals surface area contributed by atoms with Gasteiger partial charge in [0.2, 0.25) is 0 Å². The maximum absolute atomic E-state index is 9.16. The summed E-state index contributed by atoms with van der Waals surface area (Å²) in [4.78, 5) is 0. The Hall–Kier alpha value is 0.660. The van der Waals surface area contributed by atoms with Crippen LogP contribution in [-0.4, -0.2) is 27.8 Å². The summed E-state index contributed by atoms with van der Waals surface area (Å²) in [5.41, 5.74) is -0.0854. The quantitative estimate of drug-likeness (QED) is 0.587. The Bertz CT molecular complexity index is 69.5. The third kappa shape index (κ3) is 3.38. The molecule has 1 fully saturated rings. The fourth-order valence-electron chi connectivity index (χ4n) is 0.750. The van der Waals surface area contributed by atoms with Gasteiger partial charge in [-0.1, -0.05) is 0 Å². The van der Waals surface area contributed by atoms with E-state index in [0.29, 0.717) is 0 Å². The van der Waals surface area contributed by atoms with E-state index in [-0.39, 0.29) is 5.44 Å². The second-order valence-corrected chi connectivity index (χ2v) is 4.59. The average Bonchev–Trinajstić information content (AvgIpc) is 1.79. The normalized spacial score (nSPS) is 31.0. The molecule has 1 saturated heterocycles. The van der Waals surface area contributed by atoms with Crippen molar-refractivity contribution in [3.05, 3.63) is 0 Å². The van der Waals surface area contributed by atoms with Crippen LogP contribution in [0, 0.1) is 0 Å². The molecule has 0 aromatic heterocycles. The zero-order valence-electron chi connectivity index (χ0n) is 5.38. The van der Waals surface area contributed by atoms with E-state index in [1.807, 2.05) is 11.8 Å². The van der Waals surface area contributed by atoms with Crippen LogP contribution in [0.2, 0.25) is 0 Å². The molecule has 0 saturated carbocycles. The highest BCUT2D eigenvalue weighted by Crippen LogP contribution is 2.20. The second kappa shape index (κ2) is 4.47. The molecule has 1 atom stereocenters. The van der Waals surface area contributed by atoms with Gasteiger partial charge in [0.25, 0.3) is 0 Å². The topological polar surface area (TPSA) is 20.2 Å².